The van der Waals surface area contributed by atoms with Crippen molar-refractivity contribution in [2.75, 3.05) is 6.61 Å². The van der Waals surface area contributed by atoms with Gasteiger partial charge in [-0.3, -0.25) is 0 Å². The minimum atomic E-state index is -5.81. The zero-order valence-corrected chi connectivity index (χ0v) is 10.1. The van der Waals surface area contributed by atoms with Crippen molar-refractivity contribution in [1.82, 2.24) is 0 Å². The van der Waals surface area contributed by atoms with E-state index in [4.69, 9.17) is 0 Å². The summed E-state index contributed by atoms with van der Waals surface area (Å²) in [6.07, 6.45) is -10.9. The minimum Gasteiger partial charge on any atom is -0.324 e. The van der Waals surface area contributed by atoms with Crippen LogP contribution in [-0.2, 0) is 4.74 Å². The zero-order chi connectivity index (χ0) is 13.4. The summed E-state index contributed by atoms with van der Waals surface area (Å²) < 4.78 is 90.0. The molecule has 98 valence electrons. The summed E-state index contributed by atoms with van der Waals surface area (Å²) in [4.78, 5) is 0. The van der Waals surface area contributed by atoms with E-state index in [0.29, 0.717) is 0 Å². The molecule has 0 spiro atoms. The van der Waals surface area contributed by atoms with Crippen LogP contribution in [-0.4, -0.2) is 28.3 Å². The van der Waals surface area contributed by atoms with Crippen LogP contribution >= 0.6 is 31.9 Å². The third-order valence-corrected chi connectivity index (χ3v) is 3.41. The number of hydrogen-bond acceptors (Lipinski definition) is 1. The predicted molar refractivity (Wildman–Crippen MR) is 43.6 cm³/mol. The smallest absolute Gasteiger partial charge is 0.324 e. The molecule has 0 aromatic heterocycles. The highest BCUT2D eigenvalue weighted by Crippen LogP contribution is 2.52. The summed E-state index contributed by atoms with van der Waals surface area (Å²) in [7, 11) is 0. The van der Waals surface area contributed by atoms with Crippen molar-refractivity contribution in [1.29, 1.82) is 0 Å². The van der Waals surface area contributed by atoms with E-state index in [1.165, 1.54) is 31.9 Å². The van der Waals surface area contributed by atoms with E-state index in [0.717, 1.165) is 0 Å². The van der Waals surface area contributed by atoms with Crippen LogP contribution in [0.3, 0.4) is 0 Å². The lowest BCUT2D eigenvalue weighted by Gasteiger charge is -2.31. The van der Waals surface area contributed by atoms with Gasteiger partial charge >= 0.3 is 21.7 Å². The molecule has 0 bridgehead atoms. The molecular weight excluding hydrogens is 388 g/mol. The molecule has 0 rings (SSSR count). The molecule has 11 heteroatoms. The maximum Gasteiger partial charge on any atom is 0.439 e. The molecule has 0 aliphatic carbocycles. The van der Waals surface area contributed by atoms with Crippen molar-refractivity contribution >= 4 is 31.9 Å². The number of rotatable bonds is 3. The summed E-state index contributed by atoms with van der Waals surface area (Å²) in [5, 5.41) is 0. The number of ether oxygens (including phenoxy) is 1. The van der Waals surface area contributed by atoms with Gasteiger partial charge in [-0.2, -0.15) is 30.7 Å². The topological polar surface area (TPSA) is 9.23 Å². The number of halogens is 10. The van der Waals surface area contributed by atoms with E-state index < -0.39 is 28.3 Å². The molecule has 2 atom stereocenters. The van der Waals surface area contributed by atoms with Crippen LogP contribution in [0.1, 0.15) is 0 Å². The average molecular weight is 390 g/mol. The van der Waals surface area contributed by atoms with Gasteiger partial charge in [0, 0.05) is 0 Å². The summed E-state index contributed by atoms with van der Waals surface area (Å²) in [6.45, 7) is -2.39. The Labute approximate surface area is 100 Å². The quantitative estimate of drug-likeness (QED) is 0.519. The standard InChI is InChI=1S/C5H2Br2F8O/c6-3(11,5(13,14)15)4(7,12)16-1-2(8,9)10/h1H2. The van der Waals surface area contributed by atoms with E-state index >= 15 is 0 Å². The van der Waals surface area contributed by atoms with Crippen molar-refractivity contribution < 1.29 is 39.9 Å². The van der Waals surface area contributed by atoms with Crippen molar-refractivity contribution in [3.05, 3.63) is 0 Å². The molecule has 0 aliphatic rings. The average Bonchev–Trinajstić information content (AvgIpc) is 1.97. The molecule has 1 nitrogen and oxygen atoms in total. The van der Waals surface area contributed by atoms with Crippen LogP contribution in [0, 0.1) is 0 Å². The fourth-order valence-corrected chi connectivity index (χ4v) is 0.882. The molecule has 0 saturated heterocycles. The summed E-state index contributed by atoms with van der Waals surface area (Å²) in [6, 6.07) is 0. The van der Waals surface area contributed by atoms with Crippen LogP contribution in [0.2, 0.25) is 0 Å². The largest absolute Gasteiger partial charge is 0.439 e. The molecule has 0 aromatic rings. The second-order valence-electron chi connectivity index (χ2n) is 2.49. The van der Waals surface area contributed by atoms with Crippen molar-refractivity contribution in [3.63, 3.8) is 0 Å². The first-order valence-electron chi connectivity index (χ1n) is 3.24. The van der Waals surface area contributed by atoms with Gasteiger partial charge in [0.15, 0.2) is 0 Å². The van der Waals surface area contributed by atoms with Gasteiger partial charge in [-0.1, -0.05) is 0 Å². The SMILES string of the molecule is FC(F)(F)COC(F)(Br)C(F)(Br)C(F)(F)F. The van der Waals surface area contributed by atoms with Gasteiger partial charge in [-0.15, -0.1) is 0 Å². The summed E-state index contributed by atoms with van der Waals surface area (Å²) >= 11 is 2.75. The molecule has 0 saturated carbocycles. The second-order valence-corrected chi connectivity index (χ2v) is 4.61. The Morgan fingerprint density at radius 1 is 0.812 bits per heavy atom. The van der Waals surface area contributed by atoms with Crippen LogP contribution in [0.15, 0.2) is 0 Å². The van der Waals surface area contributed by atoms with E-state index in [1.807, 2.05) is 0 Å². The van der Waals surface area contributed by atoms with Gasteiger partial charge in [-0.05, 0) is 31.9 Å². The lowest BCUT2D eigenvalue weighted by Crippen LogP contribution is -2.51. The fourth-order valence-electron chi connectivity index (χ4n) is 0.428. The fraction of sp³-hybridized carbons (Fsp3) is 1.00. The van der Waals surface area contributed by atoms with Crippen LogP contribution in [0.4, 0.5) is 35.1 Å². The Morgan fingerprint density at radius 3 is 1.44 bits per heavy atom. The molecule has 0 fully saturated rings. The van der Waals surface area contributed by atoms with Crippen LogP contribution in [0.5, 0.6) is 0 Å². The minimum absolute atomic E-state index is 1.29. The Kier molecular flexibility index (Phi) is 4.66. The van der Waals surface area contributed by atoms with Gasteiger partial charge in [0.2, 0.25) is 0 Å². The molecular formula is C5H2Br2F8O. The Bertz CT molecular complexity index is 244. The molecule has 2 unspecified atom stereocenters. The van der Waals surface area contributed by atoms with Gasteiger partial charge < -0.3 is 4.74 Å². The summed E-state index contributed by atoms with van der Waals surface area (Å²) in [5.74, 6) is 0. The van der Waals surface area contributed by atoms with Crippen LogP contribution < -0.4 is 0 Å². The highest BCUT2D eigenvalue weighted by Gasteiger charge is 2.69. The molecule has 16 heavy (non-hydrogen) atoms. The highest BCUT2D eigenvalue weighted by molar-refractivity contribution is 9.12. The Morgan fingerprint density at radius 2 is 1.19 bits per heavy atom. The van der Waals surface area contributed by atoms with Gasteiger partial charge in [0.1, 0.15) is 6.61 Å². The molecule has 0 N–H and O–H groups in total. The Balaban J connectivity index is 4.79. The molecule has 0 aliphatic heterocycles. The van der Waals surface area contributed by atoms with Gasteiger partial charge in [0.05, 0.1) is 0 Å². The van der Waals surface area contributed by atoms with E-state index in [9.17, 15) is 35.1 Å². The summed E-state index contributed by atoms with van der Waals surface area (Å²) in [5.41, 5.74) is 0. The highest BCUT2D eigenvalue weighted by atomic mass is 79.9. The molecule has 0 aromatic carbocycles. The molecule has 0 amide bonds. The van der Waals surface area contributed by atoms with E-state index in [1.54, 1.807) is 0 Å². The van der Waals surface area contributed by atoms with Crippen molar-refractivity contribution in [3.8, 4) is 0 Å². The molecule has 0 heterocycles. The zero-order valence-electron chi connectivity index (χ0n) is 6.89. The normalized spacial score (nSPS) is 21.4. The lowest BCUT2D eigenvalue weighted by atomic mass is 10.4. The third kappa shape index (κ3) is 3.99. The lowest BCUT2D eigenvalue weighted by molar-refractivity contribution is -0.281. The maximum atomic E-state index is 12.9. The van der Waals surface area contributed by atoms with Crippen molar-refractivity contribution in [2.45, 2.75) is 21.7 Å². The molecule has 0 radical (unpaired) electrons. The Hall–Kier alpha value is 0.360. The predicted octanol–water partition coefficient (Wildman–Crippen LogP) is 4.21. The van der Waals surface area contributed by atoms with Crippen molar-refractivity contribution in [2.24, 2.45) is 0 Å². The maximum absolute atomic E-state index is 12.9. The first-order chi connectivity index (χ1) is 6.71. The number of hydrogen-bond donors (Lipinski definition) is 0. The first-order valence-corrected chi connectivity index (χ1v) is 4.82. The van der Waals surface area contributed by atoms with Gasteiger partial charge in [-0.25, -0.2) is 4.39 Å². The van der Waals surface area contributed by atoms with E-state index in [-0.39, 0.29) is 0 Å². The van der Waals surface area contributed by atoms with Gasteiger partial charge in [0.25, 0.3) is 0 Å². The third-order valence-electron chi connectivity index (χ3n) is 1.14. The number of alkyl halides is 10. The van der Waals surface area contributed by atoms with E-state index in [2.05, 4.69) is 4.74 Å². The monoisotopic (exact) mass is 388 g/mol. The first kappa shape index (κ1) is 16.4. The second kappa shape index (κ2) is 4.56. The van der Waals surface area contributed by atoms with Crippen LogP contribution in [0.25, 0.3) is 0 Å².